The number of hydrogen-bond donors (Lipinski definition) is 2. The molecule has 32 heavy (non-hydrogen) atoms. The van der Waals surface area contributed by atoms with E-state index >= 15 is 0 Å². The summed E-state index contributed by atoms with van der Waals surface area (Å²) in [4.78, 5) is 7.26. The number of hydrogen-bond acceptors (Lipinski definition) is 4. The smallest absolute Gasteiger partial charge is 0.191 e. The predicted octanol–water partition coefficient (Wildman–Crippen LogP) is 2.81. The van der Waals surface area contributed by atoms with Crippen LogP contribution in [-0.2, 0) is 31.2 Å². The van der Waals surface area contributed by atoms with Gasteiger partial charge in [-0.3, -0.25) is 9.58 Å². The van der Waals surface area contributed by atoms with Crippen LogP contribution in [0, 0.1) is 5.82 Å². The molecule has 0 radical (unpaired) electrons. The Balaban J connectivity index is 1.76. The van der Waals surface area contributed by atoms with Gasteiger partial charge in [-0.1, -0.05) is 26.0 Å². The average molecular weight is 445 g/mol. The number of aliphatic imine (C=N–C) groups is 1. The normalized spacial score (nSPS) is 16.2. The molecule has 1 aliphatic rings. The van der Waals surface area contributed by atoms with Crippen molar-refractivity contribution < 1.29 is 9.13 Å². The molecule has 8 heteroatoms. The Morgan fingerprint density at radius 1 is 1.12 bits per heavy atom. The van der Waals surface area contributed by atoms with E-state index in [-0.39, 0.29) is 11.9 Å². The standard InChI is InChI=1S/C24H37FN6O/c1-5-21-20(22(6-2)30(4)29-21)16-27-24(26-7-3)28-17-23(31-12-14-32-15-13-31)18-8-10-19(25)11-9-18/h8-11,23H,5-7,12-17H2,1-4H3,(H2,26,27,28). The lowest BCUT2D eigenvalue weighted by Gasteiger charge is -2.35. The summed E-state index contributed by atoms with van der Waals surface area (Å²) in [5.41, 5.74) is 4.66. The van der Waals surface area contributed by atoms with Crippen molar-refractivity contribution >= 4 is 5.96 Å². The third kappa shape index (κ3) is 6.07. The highest BCUT2D eigenvalue weighted by molar-refractivity contribution is 5.79. The van der Waals surface area contributed by atoms with Crippen LogP contribution in [0.25, 0.3) is 0 Å². The number of guanidine groups is 1. The van der Waals surface area contributed by atoms with Crippen LogP contribution in [0.5, 0.6) is 0 Å². The van der Waals surface area contributed by atoms with Crippen LogP contribution in [0.3, 0.4) is 0 Å². The molecule has 3 rings (SSSR count). The largest absolute Gasteiger partial charge is 0.379 e. The minimum absolute atomic E-state index is 0.110. The molecule has 1 aromatic carbocycles. The Morgan fingerprint density at radius 2 is 1.84 bits per heavy atom. The van der Waals surface area contributed by atoms with E-state index in [0.717, 1.165) is 49.7 Å². The first-order valence-electron chi connectivity index (χ1n) is 11.7. The van der Waals surface area contributed by atoms with Crippen molar-refractivity contribution in [2.45, 2.75) is 46.2 Å². The predicted molar refractivity (Wildman–Crippen MR) is 126 cm³/mol. The van der Waals surface area contributed by atoms with E-state index < -0.39 is 0 Å². The summed E-state index contributed by atoms with van der Waals surface area (Å²) in [5.74, 6) is 0.563. The van der Waals surface area contributed by atoms with Gasteiger partial charge in [-0.05, 0) is 37.5 Å². The number of rotatable bonds is 9. The number of nitrogens with one attached hydrogen (secondary N) is 2. The molecule has 2 N–H and O–H groups in total. The van der Waals surface area contributed by atoms with Gasteiger partial charge in [0.2, 0.25) is 0 Å². The molecule has 176 valence electrons. The summed E-state index contributed by atoms with van der Waals surface area (Å²) in [6.07, 6.45) is 1.83. The lowest BCUT2D eigenvalue weighted by molar-refractivity contribution is 0.0170. The molecule has 0 aliphatic carbocycles. The van der Waals surface area contributed by atoms with E-state index in [1.807, 2.05) is 23.9 Å². The molecule has 1 unspecified atom stereocenters. The molecule has 1 aliphatic heterocycles. The fourth-order valence-corrected chi connectivity index (χ4v) is 4.30. The van der Waals surface area contributed by atoms with Gasteiger partial charge in [-0.25, -0.2) is 9.38 Å². The summed E-state index contributed by atoms with van der Waals surface area (Å²) in [7, 11) is 2.00. The van der Waals surface area contributed by atoms with E-state index in [9.17, 15) is 4.39 Å². The molecule has 2 heterocycles. The van der Waals surface area contributed by atoms with Gasteiger partial charge in [0.15, 0.2) is 5.96 Å². The van der Waals surface area contributed by atoms with Gasteiger partial charge in [0.25, 0.3) is 0 Å². The van der Waals surface area contributed by atoms with Gasteiger partial charge >= 0.3 is 0 Å². The molecule has 1 saturated heterocycles. The monoisotopic (exact) mass is 444 g/mol. The van der Waals surface area contributed by atoms with Crippen molar-refractivity contribution in [3.05, 3.63) is 52.6 Å². The van der Waals surface area contributed by atoms with Crippen LogP contribution in [0.2, 0.25) is 0 Å². The van der Waals surface area contributed by atoms with E-state index in [4.69, 9.17) is 9.73 Å². The maximum Gasteiger partial charge on any atom is 0.191 e. The molecule has 0 amide bonds. The quantitative estimate of drug-likeness (QED) is 0.460. The minimum Gasteiger partial charge on any atom is -0.379 e. The molecule has 1 atom stereocenters. The van der Waals surface area contributed by atoms with Crippen LogP contribution in [0.4, 0.5) is 4.39 Å². The summed E-state index contributed by atoms with van der Waals surface area (Å²) in [6, 6.07) is 6.92. The van der Waals surface area contributed by atoms with Crippen LogP contribution in [0.15, 0.2) is 29.3 Å². The summed E-state index contributed by atoms with van der Waals surface area (Å²) in [6.45, 7) is 11.5. The maximum atomic E-state index is 13.5. The van der Waals surface area contributed by atoms with Gasteiger partial charge in [-0.15, -0.1) is 0 Å². The topological polar surface area (TPSA) is 66.7 Å². The number of benzene rings is 1. The van der Waals surface area contributed by atoms with E-state index in [1.54, 1.807) is 0 Å². The summed E-state index contributed by atoms with van der Waals surface area (Å²) < 4.78 is 21.0. The SMILES string of the molecule is CCNC(=NCc1c(CC)nn(C)c1CC)NCC(c1ccc(F)cc1)N1CCOCC1. The first-order valence-corrected chi connectivity index (χ1v) is 11.7. The van der Waals surface area contributed by atoms with Crippen LogP contribution < -0.4 is 10.6 Å². The molecule has 0 saturated carbocycles. The molecular weight excluding hydrogens is 407 g/mol. The van der Waals surface area contributed by atoms with Crippen LogP contribution in [0.1, 0.15) is 49.3 Å². The third-order valence-corrected chi connectivity index (χ3v) is 5.97. The lowest BCUT2D eigenvalue weighted by atomic mass is 10.0. The van der Waals surface area contributed by atoms with Crippen molar-refractivity contribution in [2.24, 2.45) is 12.0 Å². The molecule has 2 aromatic rings. The average Bonchev–Trinajstić information content (AvgIpc) is 3.13. The number of nitrogens with zero attached hydrogens (tertiary/aromatic N) is 4. The number of aromatic nitrogens is 2. The zero-order chi connectivity index (χ0) is 22.9. The minimum atomic E-state index is -0.215. The Labute approximate surface area is 191 Å². The molecule has 7 nitrogen and oxygen atoms in total. The second-order valence-electron chi connectivity index (χ2n) is 7.99. The first kappa shape index (κ1) is 24.2. The van der Waals surface area contributed by atoms with Gasteiger partial charge in [-0.2, -0.15) is 5.10 Å². The highest BCUT2D eigenvalue weighted by Gasteiger charge is 2.23. The van der Waals surface area contributed by atoms with Crippen LogP contribution in [-0.4, -0.2) is 60.0 Å². The van der Waals surface area contributed by atoms with Crippen molar-refractivity contribution in [3.63, 3.8) is 0 Å². The van der Waals surface area contributed by atoms with E-state index in [0.29, 0.717) is 26.3 Å². The molecule has 0 spiro atoms. The molecular formula is C24H37FN6O. The highest BCUT2D eigenvalue weighted by atomic mass is 19.1. The highest BCUT2D eigenvalue weighted by Crippen LogP contribution is 2.22. The first-order chi connectivity index (χ1) is 15.6. The zero-order valence-electron chi connectivity index (χ0n) is 19.8. The summed E-state index contributed by atoms with van der Waals surface area (Å²) in [5, 5.41) is 11.5. The Kier molecular flexibility index (Phi) is 9.05. The van der Waals surface area contributed by atoms with Crippen molar-refractivity contribution in [1.82, 2.24) is 25.3 Å². The van der Waals surface area contributed by atoms with Gasteiger partial charge < -0.3 is 15.4 Å². The van der Waals surface area contributed by atoms with Gasteiger partial charge in [0.05, 0.1) is 31.5 Å². The maximum absolute atomic E-state index is 13.5. The fraction of sp³-hybridized carbons (Fsp3) is 0.583. The number of morpholine rings is 1. The van der Waals surface area contributed by atoms with Gasteiger partial charge in [0.1, 0.15) is 5.82 Å². The number of ether oxygens (including phenoxy) is 1. The molecule has 1 fully saturated rings. The van der Waals surface area contributed by atoms with Crippen LogP contribution >= 0.6 is 0 Å². The second kappa shape index (κ2) is 12.0. The lowest BCUT2D eigenvalue weighted by Crippen LogP contribution is -2.46. The van der Waals surface area contributed by atoms with Crippen molar-refractivity contribution in [1.29, 1.82) is 0 Å². The van der Waals surface area contributed by atoms with E-state index in [1.165, 1.54) is 23.4 Å². The number of aryl methyl sites for hydroxylation is 2. The second-order valence-corrected chi connectivity index (χ2v) is 7.99. The van der Waals surface area contributed by atoms with Crippen molar-refractivity contribution in [2.75, 3.05) is 39.4 Å². The van der Waals surface area contributed by atoms with E-state index in [2.05, 4.69) is 41.4 Å². The Hall–Kier alpha value is -2.45. The zero-order valence-corrected chi connectivity index (χ0v) is 19.8. The van der Waals surface area contributed by atoms with Crippen molar-refractivity contribution in [3.8, 4) is 0 Å². The Bertz CT molecular complexity index is 873. The van der Waals surface area contributed by atoms with Gasteiger partial charge in [0, 0.05) is 44.5 Å². The molecule has 1 aromatic heterocycles. The summed E-state index contributed by atoms with van der Waals surface area (Å²) >= 11 is 0. The fourth-order valence-electron chi connectivity index (χ4n) is 4.30. The number of halogens is 1. The Morgan fingerprint density at radius 3 is 2.47 bits per heavy atom. The molecule has 0 bridgehead atoms. The third-order valence-electron chi connectivity index (χ3n) is 5.97.